The number of carbonyl (C=O) groups is 3. The van der Waals surface area contributed by atoms with Crippen molar-refractivity contribution >= 4 is 23.4 Å². The molecule has 29 heavy (non-hydrogen) atoms. The molecule has 2 aromatic rings. The topological polar surface area (TPSA) is 84.9 Å². The number of rotatable bonds is 9. The molecule has 1 aliphatic heterocycles. The molecule has 0 bridgehead atoms. The Hall–Kier alpha value is -3.35. The number of benzene rings is 2. The first-order valence-corrected chi connectivity index (χ1v) is 9.69. The lowest BCUT2D eigenvalue weighted by Gasteiger charge is -2.16. The van der Waals surface area contributed by atoms with Crippen LogP contribution >= 0.6 is 0 Å². The zero-order valence-corrected chi connectivity index (χ0v) is 16.6. The lowest BCUT2D eigenvalue weighted by atomic mass is 10.1. The van der Waals surface area contributed by atoms with E-state index in [-0.39, 0.29) is 6.54 Å². The van der Waals surface area contributed by atoms with Crippen molar-refractivity contribution in [2.24, 2.45) is 0 Å². The zero-order chi connectivity index (χ0) is 20.8. The Balaban J connectivity index is 1.69. The maximum atomic E-state index is 12.5. The van der Waals surface area contributed by atoms with Gasteiger partial charge in [0, 0.05) is 11.8 Å². The first-order chi connectivity index (χ1) is 14.0. The zero-order valence-electron chi connectivity index (χ0n) is 16.6. The molecule has 0 spiro atoms. The highest BCUT2D eigenvalue weighted by atomic mass is 16.5. The van der Waals surface area contributed by atoms with E-state index in [1.165, 1.54) is 0 Å². The molecule has 0 atom stereocenters. The van der Waals surface area contributed by atoms with Gasteiger partial charge in [-0.2, -0.15) is 0 Å². The average Bonchev–Trinajstić information content (AvgIpc) is 2.96. The summed E-state index contributed by atoms with van der Waals surface area (Å²) in [6.07, 6.45) is 1.70. The third-order valence-corrected chi connectivity index (χ3v) is 4.33. The van der Waals surface area contributed by atoms with E-state index in [1.54, 1.807) is 42.5 Å². The molecule has 1 heterocycles. The number of anilines is 1. The van der Waals surface area contributed by atoms with Crippen LogP contribution in [0.25, 0.3) is 0 Å². The maximum Gasteiger partial charge on any atom is 0.262 e. The van der Waals surface area contributed by atoms with Gasteiger partial charge in [-0.05, 0) is 37.1 Å². The molecule has 3 amide bonds. The Labute approximate surface area is 169 Å². The van der Waals surface area contributed by atoms with E-state index < -0.39 is 17.7 Å². The quantitative estimate of drug-likeness (QED) is 0.656. The van der Waals surface area contributed by atoms with Crippen LogP contribution in [0.4, 0.5) is 5.69 Å². The number of hydrogen-bond donors (Lipinski definition) is 1. The van der Waals surface area contributed by atoms with Crippen molar-refractivity contribution < 1.29 is 23.9 Å². The minimum absolute atomic E-state index is 0.318. The van der Waals surface area contributed by atoms with Crippen LogP contribution in [0.15, 0.2) is 42.5 Å². The fraction of sp³-hybridized carbons (Fsp3) is 0.318. The molecule has 0 aromatic heterocycles. The first-order valence-electron chi connectivity index (χ1n) is 9.69. The number of fused-ring (bicyclic) bond motifs is 1. The highest BCUT2D eigenvalue weighted by molar-refractivity contribution is 6.22. The summed E-state index contributed by atoms with van der Waals surface area (Å²) in [5.41, 5.74) is 1.14. The number of amides is 3. The Morgan fingerprint density at radius 3 is 2.07 bits per heavy atom. The van der Waals surface area contributed by atoms with Crippen LogP contribution in [-0.2, 0) is 4.79 Å². The molecule has 0 saturated carbocycles. The number of carbonyl (C=O) groups excluding carboxylic acids is 3. The van der Waals surface area contributed by atoms with Crippen LogP contribution in [0.1, 0.15) is 47.4 Å². The van der Waals surface area contributed by atoms with E-state index >= 15 is 0 Å². The van der Waals surface area contributed by atoms with Crippen LogP contribution in [0.2, 0.25) is 0 Å². The van der Waals surface area contributed by atoms with Crippen molar-refractivity contribution in [1.29, 1.82) is 0 Å². The highest BCUT2D eigenvalue weighted by Crippen LogP contribution is 2.31. The van der Waals surface area contributed by atoms with Crippen LogP contribution < -0.4 is 14.8 Å². The molecule has 3 rings (SSSR count). The summed E-state index contributed by atoms with van der Waals surface area (Å²) in [6, 6.07) is 11.7. The molecule has 0 fully saturated rings. The van der Waals surface area contributed by atoms with Crippen molar-refractivity contribution in [2.45, 2.75) is 26.7 Å². The standard InChI is InChI=1S/C22H24N2O5/c1-3-11-28-18-10-9-15(13-19(18)29-12-4-2)23-20(25)14-24-21(26)16-7-5-6-8-17(16)22(24)27/h5-10,13H,3-4,11-12,14H2,1-2H3,(H,23,25). The number of imide groups is 1. The highest BCUT2D eigenvalue weighted by Gasteiger charge is 2.36. The average molecular weight is 396 g/mol. The van der Waals surface area contributed by atoms with Crippen LogP contribution in [-0.4, -0.2) is 42.4 Å². The smallest absolute Gasteiger partial charge is 0.262 e. The van der Waals surface area contributed by atoms with Gasteiger partial charge in [-0.25, -0.2) is 0 Å². The van der Waals surface area contributed by atoms with Crippen LogP contribution in [0.5, 0.6) is 11.5 Å². The van der Waals surface area contributed by atoms with Gasteiger partial charge in [0.25, 0.3) is 11.8 Å². The first kappa shape index (κ1) is 20.4. The maximum absolute atomic E-state index is 12.5. The fourth-order valence-corrected chi connectivity index (χ4v) is 2.97. The molecule has 0 saturated heterocycles. The number of ether oxygens (including phenoxy) is 2. The third-order valence-electron chi connectivity index (χ3n) is 4.33. The minimum Gasteiger partial charge on any atom is -0.490 e. The second-order valence-corrected chi connectivity index (χ2v) is 6.65. The molecule has 0 unspecified atom stereocenters. The number of nitrogens with one attached hydrogen (secondary N) is 1. The minimum atomic E-state index is -0.469. The van der Waals surface area contributed by atoms with Crippen molar-refractivity contribution in [2.75, 3.05) is 25.1 Å². The summed E-state index contributed by atoms with van der Waals surface area (Å²) < 4.78 is 11.4. The molecule has 152 valence electrons. The second-order valence-electron chi connectivity index (χ2n) is 6.65. The Kier molecular flexibility index (Phi) is 6.49. The predicted molar refractivity (Wildman–Crippen MR) is 108 cm³/mol. The molecule has 0 radical (unpaired) electrons. The Morgan fingerprint density at radius 2 is 1.48 bits per heavy atom. The molecule has 0 aliphatic carbocycles. The molecular formula is C22H24N2O5. The van der Waals surface area contributed by atoms with Gasteiger partial charge in [0.15, 0.2) is 11.5 Å². The van der Waals surface area contributed by atoms with Gasteiger partial charge in [0.05, 0.1) is 24.3 Å². The molecular weight excluding hydrogens is 372 g/mol. The lowest BCUT2D eigenvalue weighted by molar-refractivity contribution is -0.116. The number of hydrogen-bond acceptors (Lipinski definition) is 5. The SMILES string of the molecule is CCCOc1ccc(NC(=O)CN2C(=O)c3ccccc3C2=O)cc1OCCC. The van der Waals surface area contributed by atoms with Gasteiger partial charge in [0.1, 0.15) is 6.54 Å². The van der Waals surface area contributed by atoms with E-state index in [1.807, 2.05) is 13.8 Å². The van der Waals surface area contributed by atoms with Gasteiger partial charge in [-0.3, -0.25) is 19.3 Å². The van der Waals surface area contributed by atoms with Gasteiger partial charge >= 0.3 is 0 Å². The third kappa shape index (κ3) is 4.56. The molecule has 1 aliphatic rings. The molecule has 7 heteroatoms. The van der Waals surface area contributed by atoms with Crippen molar-refractivity contribution in [3.63, 3.8) is 0 Å². The van der Waals surface area contributed by atoms with Crippen molar-refractivity contribution in [1.82, 2.24) is 4.90 Å². The molecule has 1 N–H and O–H groups in total. The van der Waals surface area contributed by atoms with Crippen LogP contribution in [0, 0.1) is 0 Å². The summed E-state index contributed by atoms with van der Waals surface area (Å²) in [6.45, 7) is 4.75. The Bertz CT molecular complexity index is 890. The van der Waals surface area contributed by atoms with E-state index in [2.05, 4.69) is 5.32 Å². The summed E-state index contributed by atoms with van der Waals surface area (Å²) in [7, 11) is 0. The molecule has 7 nitrogen and oxygen atoms in total. The summed E-state index contributed by atoms with van der Waals surface area (Å²) >= 11 is 0. The Morgan fingerprint density at radius 1 is 0.897 bits per heavy atom. The largest absolute Gasteiger partial charge is 0.490 e. The van der Waals surface area contributed by atoms with Gasteiger partial charge < -0.3 is 14.8 Å². The lowest BCUT2D eigenvalue weighted by Crippen LogP contribution is -2.37. The summed E-state index contributed by atoms with van der Waals surface area (Å²) in [5, 5.41) is 2.72. The normalized spacial score (nSPS) is 12.7. The monoisotopic (exact) mass is 396 g/mol. The van der Waals surface area contributed by atoms with E-state index in [0.717, 1.165) is 17.7 Å². The predicted octanol–water partition coefficient (Wildman–Crippen LogP) is 3.50. The van der Waals surface area contributed by atoms with Gasteiger partial charge in [0.2, 0.25) is 5.91 Å². The summed E-state index contributed by atoms with van der Waals surface area (Å²) in [4.78, 5) is 38.2. The van der Waals surface area contributed by atoms with Gasteiger partial charge in [-0.1, -0.05) is 26.0 Å². The van der Waals surface area contributed by atoms with E-state index in [4.69, 9.17) is 9.47 Å². The fourth-order valence-electron chi connectivity index (χ4n) is 2.97. The van der Waals surface area contributed by atoms with Crippen LogP contribution in [0.3, 0.4) is 0 Å². The van der Waals surface area contributed by atoms with E-state index in [9.17, 15) is 14.4 Å². The summed E-state index contributed by atoms with van der Waals surface area (Å²) in [5.74, 6) is -0.243. The molecule has 2 aromatic carbocycles. The van der Waals surface area contributed by atoms with Gasteiger partial charge in [-0.15, -0.1) is 0 Å². The van der Waals surface area contributed by atoms with Crippen molar-refractivity contribution in [3.8, 4) is 11.5 Å². The second kappa shape index (κ2) is 9.23. The van der Waals surface area contributed by atoms with E-state index in [0.29, 0.717) is 41.5 Å². The number of nitrogens with zero attached hydrogens (tertiary/aromatic N) is 1. The van der Waals surface area contributed by atoms with Crippen molar-refractivity contribution in [3.05, 3.63) is 53.6 Å².